The number of aryl methyl sites for hydroxylation is 2. The fraction of sp³-hybridized carbons (Fsp3) is 0.550. The van der Waals surface area contributed by atoms with Crippen LogP contribution >= 0.6 is 0 Å². The first-order valence-corrected chi connectivity index (χ1v) is 9.88. The largest absolute Gasteiger partial charge is 0.369 e. The Balaban J connectivity index is 1.39. The maximum Gasteiger partial charge on any atom is 0.346 e. The molecule has 8 heteroatoms. The minimum atomic E-state index is -0.416. The molecule has 0 atom stereocenters. The van der Waals surface area contributed by atoms with Gasteiger partial charge < -0.3 is 10.2 Å². The van der Waals surface area contributed by atoms with E-state index < -0.39 is 5.69 Å². The average molecular weight is 387 g/mol. The van der Waals surface area contributed by atoms with Gasteiger partial charge in [-0.25, -0.2) is 9.48 Å². The van der Waals surface area contributed by atoms with Crippen molar-refractivity contribution in [3.05, 3.63) is 50.7 Å². The molecular weight excluding hydrogens is 356 g/mol. The number of nitrogens with one attached hydrogen (secondary N) is 1. The summed E-state index contributed by atoms with van der Waals surface area (Å²) < 4.78 is 2.25. The summed E-state index contributed by atoms with van der Waals surface area (Å²) in [6, 6.07) is 8.56. The molecule has 0 radical (unpaired) electrons. The van der Waals surface area contributed by atoms with Gasteiger partial charge in [-0.2, -0.15) is 0 Å². The second-order valence-corrected chi connectivity index (χ2v) is 7.37. The van der Waals surface area contributed by atoms with E-state index in [-0.39, 0.29) is 11.4 Å². The van der Waals surface area contributed by atoms with Gasteiger partial charge in [0.25, 0.3) is 5.56 Å². The van der Waals surface area contributed by atoms with Gasteiger partial charge in [-0.15, -0.1) is 5.10 Å². The molecular formula is C20H30N6O2. The number of benzene rings is 1. The highest BCUT2D eigenvalue weighted by molar-refractivity contribution is 5.53. The van der Waals surface area contributed by atoms with Gasteiger partial charge in [0.2, 0.25) is 5.82 Å². The SMILES string of the molecule is Cc1ccccc1N1CCN(CCCCNc2nn(C)c(=O)n(C)c2=O)CC1. The predicted octanol–water partition coefficient (Wildman–Crippen LogP) is 0.802. The molecule has 28 heavy (non-hydrogen) atoms. The summed E-state index contributed by atoms with van der Waals surface area (Å²) in [4.78, 5) is 28.7. The van der Waals surface area contributed by atoms with E-state index in [2.05, 4.69) is 51.4 Å². The quantitative estimate of drug-likeness (QED) is 0.710. The van der Waals surface area contributed by atoms with Crippen LogP contribution in [0.3, 0.4) is 0 Å². The van der Waals surface area contributed by atoms with E-state index in [1.807, 2.05) is 0 Å². The zero-order valence-corrected chi connectivity index (χ0v) is 17.0. The van der Waals surface area contributed by atoms with E-state index in [4.69, 9.17) is 0 Å². The first kappa shape index (κ1) is 20.1. The fourth-order valence-corrected chi connectivity index (χ4v) is 3.61. The van der Waals surface area contributed by atoms with Gasteiger partial charge in [0, 0.05) is 52.5 Å². The van der Waals surface area contributed by atoms with Crippen molar-refractivity contribution in [3.63, 3.8) is 0 Å². The van der Waals surface area contributed by atoms with Gasteiger partial charge in [-0.3, -0.25) is 14.3 Å². The first-order valence-electron chi connectivity index (χ1n) is 9.88. The molecule has 0 amide bonds. The molecule has 1 fully saturated rings. The maximum atomic E-state index is 12.0. The highest BCUT2D eigenvalue weighted by Gasteiger charge is 2.17. The molecule has 0 aliphatic carbocycles. The standard InChI is InChI=1S/C20H30N6O2/c1-16-8-4-5-9-17(16)26-14-12-25(13-15-26)11-7-6-10-21-18-19(27)23(2)20(28)24(3)22-18/h4-5,8-9H,6-7,10-15H2,1-3H3,(H,21,22). The summed E-state index contributed by atoms with van der Waals surface area (Å²) in [6.07, 6.45) is 2.01. The Morgan fingerprint density at radius 2 is 1.75 bits per heavy atom. The van der Waals surface area contributed by atoms with Crippen molar-refractivity contribution in [2.45, 2.75) is 19.8 Å². The minimum absolute atomic E-state index is 0.233. The molecule has 0 saturated carbocycles. The zero-order chi connectivity index (χ0) is 20.1. The smallest absolute Gasteiger partial charge is 0.346 e. The Morgan fingerprint density at radius 1 is 1.04 bits per heavy atom. The van der Waals surface area contributed by atoms with Gasteiger partial charge in [-0.1, -0.05) is 18.2 Å². The number of anilines is 2. The summed E-state index contributed by atoms with van der Waals surface area (Å²) in [5, 5.41) is 7.07. The van der Waals surface area contributed by atoms with Crippen LogP contribution in [0.1, 0.15) is 18.4 Å². The third-order valence-corrected chi connectivity index (χ3v) is 5.34. The molecule has 0 bridgehead atoms. The van der Waals surface area contributed by atoms with Gasteiger partial charge in [0.05, 0.1) is 0 Å². The van der Waals surface area contributed by atoms with Crippen molar-refractivity contribution in [2.24, 2.45) is 14.1 Å². The molecule has 152 valence electrons. The highest BCUT2D eigenvalue weighted by atomic mass is 16.2. The summed E-state index contributed by atoms with van der Waals surface area (Å²) in [5.41, 5.74) is 1.88. The highest BCUT2D eigenvalue weighted by Crippen LogP contribution is 2.20. The Bertz CT molecular complexity index is 912. The summed E-state index contributed by atoms with van der Waals surface area (Å²) in [7, 11) is 3.01. The number of hydrogen-bond acceptors (Lipinski definition) is 6. The van der Waals surface area contributed by atoms with Crippen molar-refractivity contribution in [1.29, 1.82) is 0 Å². The molecule has 1 N–H and O–H groups in total. The van der Waals surface area contributed by atoms with Crippen LogP contribution in [-0.2, 0) is 14.1 Å². The van der Waals surface area contributed by atoms with Crippen LogP contribution in [0.4, 0.5) is 11.5 Å². The Hall–Kier alpha value is -2.61. The number of piperazine rings is 1. The van der Waals surface area contributed by atoms with E-state index in [1.165, 1.54) is 23.0 Å². The first-order chi connectivity index (χ1) is 13.5. The number of aromatic nitrogens is 3. The van der Waals surface area contributed by atoms with Crippen molar-refractivity contribution in [3.8, 4) is 0 Å². The van der Waals surface area contributed by atoms with E-state index in [9.17, 15) is 9.59 Å². The number of unbranched alkanes of at least 4 members (excludes halogenated alkanes) is 1. The molecule has 1 aliphatic rings. The third-order valence-electron chi connectivity index (χ3n) is 5.34. The molecule has 1 aromatic heterocycles. The van der Waals surface area contributed by atoms with Gasteiger partial charge in [0.15, 0.2) is 0 Å². The van der Waals surface area contributed by atoms with Gasteiger partial charge in [0.1, 0.15) is 0 Å². The lowest BCUT2D eigenvalue weighted by Gasteiger charge is -2.36. The number of nitrogens with zero attached hydrogens (tertiary/aromatic N) is 5. The van der Waals surface area contributed by atoms with E-state index >= 15 is 0 Å². The van der Waals surface area contributed by atoms with Gasteiger partial charge in [-0.05, 0) is 37.9 Å². The third kappa shape index (κ3) is 4.62. The molecule has 0 spiro atoms. The van der Waals surface area contributed by atoms with Crippen molar-refractivity contribution in [1.82, 2.24) is 19.2 Å². The monoisotopic (exact) mass is 386 g/mol. The molecule has 1 saturated heterocycles. The fourth-order valence-electron chi connectivity index (χ4n) is 3.61. The Morgan fingerprint density at radius 3 is 2.46 bits per heavy atom. The Kier molecular flexibility index (Phi) is 6.51. The van der Waals surface area contributed by atoms with Crippen molar-refractivity contribution >= 4 is 11.5 Å². The molecule has 2 aromatic rings. The molecule has 3 rings (SSSR count). The predicted molar refractivity (Wildman–Crippen MR) is 112 cm³/mol. The minimum Gasteiger partial charge on any atom is -0.369 e. The number of rotatable bonds is 7. The molecule has 1 aromatic carbocycles. The Labute approximate surface area is 165 Å². The second-order valence-electron chi connectivity index (χ2n) is 7.37. The number of para-hydroxylation sites is 1. The normalized spacial score (nSPS) is 15.0. The average Bonchev–Trinajstić information content (AvgIpc) is 2.71. The summed E-state index contributed by atoms with van der Waals surface area (Å²) in [6.45, 7) is 8.16. The zero-order valence-electron chi connectivity index (χ0n) is 17.0. The van der Waals surface area contributed by atoms with Crippen molar-refractivity contribution < 1.29 is 0 Å². The van der Waals surface area contributed by atoms with Crippen molar-refractivity contribution in [2.75, 3.05) is 49.5 Å². The molecule has 1 aliphatic heterocycles. The summed E-state index contributed by atoms with van der Waals surface area (Å²) >= 11 is 0. The lowest BCUT2D eigenvalue weighted by Crippen LogP contribution is -2.46. The lowest BCUT2D eigenvalue weighted by molar-refractivity contribution is 0.253. The molecule has 0 unspecified atom stereocenters. The van der Waals surface area contributed by atoms with E-state index in [0.717, 1.165) is 50.1 Å². The number of hydrogen-bond donors (Lipinski definition) is 1. The van der Waals surface area contributed by atoms with Crippen LogP contribution in [0, 0.1) is 6.92 Å². The maximum absolute atomic E-state index is 12.0. The van der Waals surface area contributed by atoms with Crippen LogP contribution in [-0.4, -0.2) is 58.5 Å². The van der Waals surface area contributed by atoms with Crippen LogP contribution < -0.4 is 21.5 Å². The molecule has 8 nitrogen and oxygen atoms in total. The second kappa shape index (κ2) is 9.05. The van der Waals surface area contributed by atoms with E-state index in [0.29, 0.717) is 6.54 Å². The topological polar surface area (TPSA) is 75.4 Å². The molecule has 2 heterocycles. The van der Waals surface area contributed by atoms with Crippen LogP contribution in [0.15, 0.2) is 33.9 Å². The van der Waals surface area contributed by atoms with Gasteiger partial charge >= 0.3 is 5.69 Å². The van der Waals surface area contributed by atoms with Crippen LogP contribution in [0.25, 0.3) is 0 Å². The van der Waals surface area contributed by atoms with E-state index in [1.54, 1.807) is 7.05 Å². The van der Waals surface area contributed by atoms with Crippen LogP contribution in [0.5, 0.6) is 0 Å². The summed E-state index contributed by atoms with van der Waals surface area (Å²) in [5.74, 6) is 0.233. The van der Waals surface area contributed by atoms with Crippen LogP contribution in [0.2, 0.25) is 0 Å². The lowest BCUT2D eigenvalue weighted by atomic mass is 10.1.